The van der Waals surface area contributed by atoms with E-state index in [0.717, 1.165) is 0 Å². The molecule has 0 saturated carbocycles. The lowest BCUT2D eigenvalue weighted by atomic mass is 10.1. The molecule has 1 amide bonds. The van der Waals surface area contributed by atoms with E-state index in [-0.39, 0.29) is 18.9 Å². The number of halogens is 2. The van der Waals surface area contributed by atoms with E-state index in [1.807, 2.05) is 0 Å². The van der Waals surface area contributed by atoms with Crippen molar-refractivity contribution in [2.75, 3.05) is 6.54 Å². The Balaban J connectivity index is 1.90. The minimum Gasteiger partial charge on any atom is -0.467 e. The van der Waals surface area contributed by atoms with Crippen LogP contribution in [0, 0.1) is 0 Å². The molecule has 0 saturated heterocycles. The van der Waals surface area contributed by atoms with Gasteiger partial charge in [-0.25, -0.2) is 0 Å². The number of carbonyl (C=O) groups is 1. The summed E-state index contributed by atoms with van der Waals surface area (Å²) in [5.74, 6) is 0.131. The molecule has 0 fully saturated rings. The fourth-order valence-electron chi connectivity index (χ4n) is 1.72. The van der Waals surface area contributed by atoms with Crippen LogP contribution in [0.15, 0.2) is 41.0 Å². The molecule has 0 spiro atoms. The van der Waals surface area contributed by atoms with Gasteiger partial charge < -0.3 is 14.8 Å². The Kier molecular flexibility index (Phi) is 5.06. The standard InChI is InChI=1S/C14H13Cl2NO3/c15-10-3-1-4-11(16)9(10)7-14(19)17-8-12(18)13-5-2-6-20-13/h1-6,12,18H,7-8H2,(H,17,19). The summed E-state index contributed by atoms with van der Waals surface area (Å²) in [6, 6.07) is 8.37. The highest BCUT2D eigenvalue weighted by molar-refractivity contribution is 6.36. The van der Waals surface area contributed by atoms with Crippen LogP contribution in [-0.4, -0.2) is 17.6 Å². The number of aliphatic hydroxyl groups is 1. The number of hydrogen-bond donors (Lipinski definition) is 2. The van der Waals surface area contributed by atoms with Gasteiger partial charge in [0, 0.05) is 10.0 Å². The number of hydrogen-bond acceptors (Lipinski definition) is 3. The number of benzene rings is 1. The maximum Gasteiger partial charge on any atom is 0.224 e. The molecule has 20 heavy (non-hydrogen) atoms. The molecule has 0 aliphatic heterocycles. The third-order valence-corrected chi connectivity index (χ3v) is 3.47. The van der Waals surface area contributed by atoms with E-state index in [4.69, 9.17) is 27.6 Å². The molecule has 1 heterocycles. The van der Waals surface area contributed by atoms with Crippen molar-refractivity contribution in [2.45, 2.75) is 12.5 Å². The summed E-state index contributed by atoms with van der Waals surface area (Å²) in [5, 5.41) is 13.3. The Labute approximate surface area is 126 Å². The van der Waals surface area contributed by atoms with Gasteiger partial charge in [0.05, 0.1) is 19.2 Å². The van der Waals surface area contributed by atoms with Gasteiger partial charge >= 0.3 is 0 Å². The fraction of sp³-hybridized carbons (Fsp3) is 0.214. The molecule has 1 atom stereocenters. The molecular formula is C14H13Cl2NO3. The fourth-order valence-corrected chi connectivity index (χ4v) is 2.25. The molecule has 2 aromatic rings. The first-order chi connectivity index (χ1) is 9.58. The summed E-state index contributed by atoms with van der Waals surface area (Å²) >= 11 is 12.0. The van der Waals surface area contributed by atoms with Crippen LogP contribution in [-0.2, 0) is 11.2 Å². The zero-order chi connectivity index (χ0) is 14.5. The van der Waals surface area contributed by atoms with Crippen LogP contribution >= 0.6 is 23.2 Å². The first kappa shape index (κ1) is 14.9. The summed E-state index contributed by atoms with van der Waals surface area (Å²) < 4.78 is 5.04. The minimum atomic E-state index is -0.879. The van der Waals surface area contributed by atoms with Crippen molar-refractivity contribution in [1.29, 1.82) is 0 Å². The molecular weight excluding hydrogens is 301 g/mol. The van der Waals surface area contributed by atoms with Crippen molar-refractivity contribution in [3.8, 4) is 0 Å². The lowest BCUT2D eigenvalue weighted by Crippen LogP contribution is -2.29. The molecule has 1 unspecified atom stereocenters. The zero-order valence-electron chi connectivity index (χ0n) is 10.5. The number of rotatable bonds is 5. The number of amides is 1. The van der Waals surface area contributed by atoms with E-state index >= 15 is 0 Å². The van der Waals surface area contributed by atoms with Gasteiger partial charge in [-0.15, -0.1) is 0 Å². The summed E-state index contributed by atoms with van der Waals surface area (Å²) in [7, 11) is 0. The number of nitrogens with one attached hydrogen (secondary N) is 1. The van der Waals surface area contributed by atoms with Crippen molar-refractivity contribution in [3.05, 3.63) is 58.0 Å². The van der Waals surface area contributed by atoms with Gasteiger partial charge in [-0.2, -0.15) is 0 Å². The second-order valence-corrected chi connectivity index (χ2v) is 5.03. The molecule has 2 rings (SSSR count). The largest absolute Gasteiger partial charge is 0.467 e. The molecule has 0 radical (unpaired) electrons. The topological polar surface area (TPSA) is 62.5 Å². The van der Waals surface area contributed by atoms with E-state index in [1.54, 1.807) is 30.3 Å². The van der Waals surface area contributed by atoms with Crippen molar-refractivity contribution in [3.63, 3.8) is 0 Å². The molecule has 4 nitrogen and oxygen atoms in total. The van der Waals surface area contributed by atoms with Crippen LogP contribution in [0.4, 0.5) is 0 Å². The molecule has 6 heteroatoms. The predicted molar refractivity (Wildman–Crippen MR) is 76.8 cm³/mol. The lowest BCUT2D eigenvalue weighted by Gasteiger charge is -2.11. The Bertz CT molecular complexity index is 564. The smallest absolute Gasteiger partial charge is 0.224 e. The minimum absolute atomic E-state index is 0.0589. The Morgan fingerprint density at radius 2 is 1.95 bits per heavy atom. The highest BCUT2D eigenvalue weighted by Crippen LogP contribution is 2.24. The summed E-state index contributed by atoms with van der Waals surface area (Å²) in [4.78, 5) is 11.8. The highest BCUT2D eigenvalue weighted by Gasteiger charge is 2.14. The highest BCUT2D eigenvalue weighted by atomic mass is 35.5. The van der Waals surface area contributed by atoms with E-state index in [1.165, 1.54) is 6.26 Å². The Morgan fingerprint density at radius 3 is 2.55 bits per heavy atom. The Morgan fingerprint density at radius 1 is 1.25 bits per heavy atom. The predicted octanol–water partition coefficient (Wildman–Crippen LogP) is 2.98. The van der Waals surface area contributed by atoms with Gasteiger partial charge in [0.1, 0.15) is 11.9 Å². The molecule has 0 aliphatic rings. The van der Waals surface area contributed by atoms with Gasteiger partial charge in [-0.05, 0) is 29.8 Å². The number of carbonyl (C=O) groups excluding carboxylic acids is 1. The van der Waals surface area contributed by atoms with Crippen LogP contribution in [0.3, 0.4) is 0 Å². The monoisotopic (exact) mass is 313 g/mol. The SMILES string of the molecule is O=C(Cc1c(Cl)cccc1Cl)NCC(O)c1ccco1. The van der Waals surface area contributed by atoms with Crippen LogP contribution < -0.4 is 5.32 Å². The van der Waals surface area contributed by atoms with Crippen molar-refractivity contribution < 1.29 is 14.3 Å². The number of furan rings is 1. The van der Waals surface area contributed by atoms with E-state index in [0.29, 0.717) is 21.4 Å². The molecule has 106 valence electrons. The summed E-state index contributed by atoms with van der Waals surface area (Å²) in [6.07, 6.45) is 0.642. The van der Waals surface area contributed by atoms with Crippen molar-refractivity contribution in [1.82, 2.24) is 5.32 Å². The van der Waals surface area contributed by atoms with Crippen LogP contribution in [0.25, 0.3) is 0 Å². The maximum absolute atomic E-state index is 11.8. The molecule has 1 aromatic heterocycles. The first-order valence-electron chi connectivity index (χ1n) is 5.99. The van der Waals surface area contributed by atoms with Crippen molar-refractivity contribution >= 4 is 29.1 Å². The first-order valence-corrected chi connectivity index (χ1v) is 6.74. The lowest BCUT2D eigenvalue weighted by molar-refractivity contribution is -0.120. The third-order valence-electron chi connectivity index (χ3n) is 2.76. The summed E-state index contributed by atoms with van der Waals surface area (Å²) in [6.45, 7) is 0.0639. The van der Waals surface area contributed by atoms with Gasteiger partial charge in [0.25, 0.3) is 0 Å². The summed E-state index contributed by atoms with van der Waals surface area (Å²) in [5.41, 5.74) is 0.570. The molecule has 0 aliphatic carbocycles. The van der Waals surface area contributed by atoms with E-state index < -0.39 is 6.10 Å². The normalized spacial score (nSPS) is 12.2. The average Bonchev–Trinajstić information content (AvgIpc) is 2.94. The Hall–Kier alpha value is -1.49. The maximum atomic E-state index is 11.8. The number of aliphatic hydroxyl groups excluding tert-OH is 1. The van der Waals surface area contributed by atoms with Crippen LogP contribution in [0.5, 0.6) is 0 Å². The third kappa shape index (κ3) is 3.76. The van der Waals surface area contributed by atoms with Gasteiger partial charge in [-0.1, -0.05) is 29.3 Å². The molecule has 1 aromatic carbocycles. The second kappa shape index (κ2) is 6.79. The zero-order valence-corrected chi connectivity index (χ0v) is 12.0. The van der Waals surface area contributed by atoms with Crippen LogP contribution in [0.1, 0.15) is 17.4 Å². The van der Waals surface area contributed by atoms with Crippen molar-refractivity contribution in [2.24, 2.45) is 0 Å². The quantitative estimate of drug-likeness (QED) is 0.892. The van der Waals surface area contributed by atoms with Gasteiger partial charge in [0.15, 0.2) is 0 Å². The molecule has 2 N–H and O–H groups in total. The second-order valence-electron chi connectivity index (χ2n) is 4.21. The average molecular weight is 314 g/mol. The van der Waals surface area contributed by atoms with E-state index in [9.17, 15) is 9.90 Å². The van der Waals surface area contributed by atoms with E-state index in [2.05, 4.69) is 5.32 Å². The van der Waals surface area contributed by atoms with Crippen LogP contribution in [0.2, 0.25) is 10.0 Å². The van der Waals surface area contributed by atoms with Gasteiger partial charge in [0.2, 0.25) is 5.91 Å². The van der Waals surface area contributed by atoms with Gasteiger partial charge in [-0.3, -0.25) is 4.79 Å². The molecule has 0 bridgehead atoms.